The maximum atomic E-state index is 12.5. The number of anilines is 1. The molecule has 2 rings (SSSR count). The number of aliphatic imine (C=N–C) groups is 1. The Morgan fingerprint density at radius 1 is 1.04 bits per heavy atom. The smallest absolute Gasteiger partial charge is 0.305 e. The summed E-state index contributed by atoms with van der Waals surface area (Å²) in [4.78, 5) is 28.0. The molecule has 2 aromatic rings. The van der Waals surface area contributed by atoms with Crippen LogP contribution in [0, 0.1) is 0 Å². The van der Waals surface area contributed by atoms with E-state index in [-0.39, 0.29) is 30.4 Å². The van der Waals surface area contributed by atoms with Gasteiger partial charge in [0.25, 0.3) is 0 Å². The Kier molecular flexibility index (Phi) is 7.64. The van der Waals surface area contributed by atoms with Gasteiger partial charge in [-0.2, -0.15) is 0 Å². The standard InChI is InChI=1S/C19H20ClN3O3/c1-26-18(25)9-5-8-17(24)19(21-15-6-3-2-4-7-15)23-22-16-12-10-14(20)11-13-16/h2-4,6-7,10-13,22H,5,8-9H2,1H3,(H,21,23). The number of methoxy groups -OCH3 is 1. The third-order valence-corrected chi connectivity index (χ3v) is 3.70. The number of benzene rings is 2. The first-order valence-electron chi connectivity index (χ1n) is 8.10. The number of carbonyl (C=O) groups is 2. The summed E-state index contributed by atoms with van der Waals surface area (Å²) >= 11 is 5.86. The van der Waals surface area contributed by atoms with E-state index >= 15 is 0 Å². The van der Waals surface area contributed by atoms with E-state index in [1.165, 1.54) is 7.11 Å². The molecule has 0 spiro atoms. The fourth-order valence-corrected chi connectivity index (χ4v) is 2.20. The molecule has 0 aromatic heterocycles. The van der Waals surface area contributed by atoms with Crippen molar-refractivity contribution in [1.29, 1.82) is 0 Å². The molecule has 0 bridgehead atoms. The molecule has 136 valence electrons. The Hall–Kier alpha value is -2.86. The number of rotatable bonds is 8. The minimum absolute atomic E-state index is 0.163. The summed E-state index contributed by atoms with van der Waals surface area (Å²) in [5, 5.41) is 0.618. The number of halogens is 1. The van der Waals surface area contributed by atoms with Crippen molar-refractivity contribution >= 4 is 40.6 Å². The number of carbonyl (C=O) groups excluding carboxylic acids is 2. The first-order valence-corrected chi connectivity index (χ1v) is 8.47. The van der Waals surface area contributed by atoms with Crippen LogP contribution in [0.5, 0.6) is 0 Å². The number of hydrogen-bond donors (Lipinski definition) is 2. The molecule has 0 aliphatic rings. The van der Waals surface area contributed by atoms with Gasteiger partial charge in [-0.15, -0.1) is 0 Å². The Labute approximate surface area is 157 Å². The number of Topliss-reactive ketones (excluding diaryl/α,β-unsaturated/α-hetero) is 1. The summed E-state index contributed by atoms with van der Waals surface area (Å²) in [5.74, 6) is -0.387. The molecule has 0 heterocycles. The molecule has 2 N–H and O–H groups in total. The molecule has 0 saturated heterocycles. The van der Waals surface area contributed by atoms with Gasteiger partial charge >= 0.3 is 5.97 Å². The molecular weight excluding hydrogens is 354 g/mol. The Morgan fingerprint density at radius 2 is 1.73 bits per heavy atom. The van der Waals surface area contributed by atoms with Crippen LogP contribution in [0.15, 0.2) is 59.6 Å². The normalized spacial score (nSPS) is 10.9. The van der Waals surface area contributed by atoms with Gasteiger partial charge in [0.05, 0.1) is 18.5 Å². The third-order valence-electron chi connectivity index (χ3n) is 3.44. The van der Waals surface area contributed by atoms with E-state index in [1.54, 1.807) is 36.4 Å². The minimum Gasteiger partial charge on any atom is -0.469 e. The van der Waals surface area contributed by atoms with Crippen molar-refractivity contribution in [1.82, 2.24) is 5.43 Å². The molecule has 6 nitrogen and oxygen atoms in total. The van der Waals surface area contributed by atoms with E-state index in [2.05, 4.69) is 20.6 Å². The highest BCUT2D eigenvalue weighted by Gasteiger charge is 2.13. The van der Waals surface area contributed by atoms with E-state index in [0.29, 0.717) is 17.1 Å². The summed E-state index contributed by atoms with van der Waals surface area (Å²) in [7, 11) is 1.32. The third kappa shape index (κ3) is 6.57. The molecule has 0 atom stereocenters. The quantitative estimate of drug-likeness (QED) is 0.317. The number of hydrazine groups is 1. The van der Waals surface area contributed by atoms with Crippen molar-refractivity contribution in [3.05, 3.63) is 59.6 Å². The Morgan fingerprint density at radius 3 is 2.38 bits per heavy atom. The van der Waals surface area contributed by atoms with E-state index in [0.717, 1.165) is 5.69 Å². The first-order chi connectivity index (χ1) is 12.6. The fourth-order valence-electron chi connectivity index (χ4n) is 2.07. The van der Waals surface area contributed by atoms with Gasteiger partial charge in [-0.3, -0.25) is 20.4 Å². The van der Waals surface area contributed by atoms with E-state index < -0.39 is 0 Å². The topological polar surface area (TPSA) is 79.8 Å². The van der Waals surface area contributed by atoms with Gasteiger partial charge in [0.2, 0.25) is 0 Å². The van der Waals surface area contributed by atoms with Gasteiger partial charge in [0.1, 0.15) is 0 Å². The average molecular weight is 374 g/mol. The number of para-hydroxylation sites is 1. The second-order valence-electron chi connectivity index (χ2n) is 5.41. The molecule has 0 saturated carbocycles. The van der Waals surface area contributed by atoms with Crippen molar-refractivity contribution in [2.75, 3.05) is 12.5 Å². The van der Waals surface area contributed by atoms with Crippen molar-refractivity contribution in [2.45, 2.75) is 19.3 Å². The minimum atomic E-state index is -0.341. The predicted molar refractivity (Wildman–Crippen MR) is 103 cm³/mol. The number of esters is 1. The van der Waals surface area contributed by atoms with Crippen LogP contribution in [0.1, 0.15) is 19.3 Å². The van der Waals surface area contributed by atoms with E-state index in [1.807, 2.05) is 18.2 Å². The predicted octanol–water partition coefficient (Wildman–Crippen LogP) is 3.90. The highest BCUT2D eigenvalue weighted by atomic mass is 35.5. The van der Waals surface area contributed by atoms with Crippen LogP contribution in [0.2, 0.25) is 5.02 Å². The summed E-state index contributed by atoms with van der Waals surface area (Å²) in [5.41, 5.74) is 7.16. The van der Waals surface area contributed by atoms with E-state index in [9.17, 15) is 9.59 Å². The van der Waals surface area contributed by atoms with Gasteiger partial charge in [-0.25, -0.2) is 4.99 Å². The molecule has 0 fully saturated rings. The lowest BCUT2D eigenvalue weighted by Gasteiger charge is -2.12. The van der Waals surface area contributed by atoms with E-state index in [4.69, 9.17) is 11.6 Å². The van der Waals surface area contributed by atoms with Crippen LogP contribution < -0.4 is 10.9 Å². The van der Waals surface area contributed by atoms with Crippen molar-refractivity contribution < 1.29 is 14.3 Å². The second kappa shape index (κ2) is 10.2. The van der Waals surface area contributed by atoms with Crippen LogP contribution >= 0.6 is 11.6 Å². The lowest BCUT2D eigenvalue weighted by molar-refractivity contribution is -0.140. The molecular formula is C19H20ClN3O3. The van der Waals surface area contributed by atoms with Gasteiger partial charge < -0.3 is 4.74 Å². The molecule has 0 unspecified atom stereocenters. The molecule has 2 aromatic carbocycles. The highest BCUT2D eigenvalue weighted by molar-refractivity contribution is 6.39. The average Bonchev–Trinajstić information content (AvgIpc) is 2.66. The van der Waals surface area contributed by atoms with Crippen LogP contribution in [-0.2, 0) is 14.3 Å². The van der Waals surface area contributed by atoms with Crippen molar-refractivity contribution in [3.8, 4) is 0 Å². The number of amidine groups is 1. The highest BCUT2D eigenvalue weighted by Crippen LogP contribution is 2.14. The van der Waals surface area contributed by atoms with Crippen LogP contribution in [0.25, 0.3) is 0 Å². The van der Waals surface area contributed by atoms with Gasteiger partial charge in [-0.1, -0.05) is 29.8 Å². The summed E-state index contributed by atoms with van der Waals surface area (Å²) in [6.45, 7) is 0. The first kappa shape index (κ1) is 19.5. The summed E-state index contributed by atoms with van der Waals surface area (Å²) in [6.07, 6.45) is 0.753. The van der Waals surface area contributed by atoms with Crippen LogP contribution in [0.4, 0.5) is 11.4 Å². The summed E-state index contributed by atoms with van der Waals surface area (Å²) in [6, 6.07) is 16.2. The maximum Gasteiger partial charge on any atom is 0.305 e. The molecule has 26 heavy (non-hydrogen) atoms. The number of hydrogen-bond acceptors (Lipinski definition) is 5. The lowest BCUT2D eigenvalue weighted by atomic mass is 10.1. The van der Waals surface area contributed by atoms with Crippen LogP contribution in [-0.4, -0.2) is 24.7 Å². The van der Waals surface area contributed by atoms with Gasteiger partial charge in [0.15, 0.2) is 11.6 Å². The molecule has 0 radical (unpaired) electrons. The van der Waals surface area contributed by atoms with Gasteiger partial charge in [-0.05, 0) is 42.8 Å². The zero-order valence-electron chi connectivity index (χ0n) is 14.4. The molecule has 7 heteroatoms. The van der Waals surface area contributed by atoms with Crippen LogP contribution in [0.3, 0.4) is 0 Å². The Bertz CT molecular complexity index is 761. The second-order valence-corrected chi connectivity index (χ2v) is 5.84. The number of nitrogens with zero attached hydrogens (tertiary/aromatic N) is 1. The maximum absolute atomic E-state index is 12.5. The zero-order valence-corrected chi connectivity index (χ0v) is 15.1. The number of ether oxygens (including phenoxy) is 1. The lowest BCUT2D eigenvalue weighted by Crippen LogP contribution is -2.35. The number of ketones is 1. The Balaban J connectivity index is 2.05. The molecule has 0 amide bonds. The fraction of sp³-hybridized carbons (Fsp3) is 0.211. The number of nitrogens with one attached hydrogen (secondary N) is 2. The van der Waals surface area contributed by atoms with Crippen molar-refractivity contribution in [3.63, 3.8) is 0 Å². The molecule has 0 aliphatic carbocycles. The SMILES string of the molecule is COC(=O)CCCC(=O)C(=Nc1ccccc1)NNc1ccc(Cl)cc1. The largest absolute Gasteiger partial charge is 0.469 e. The summed E-state index contributed by atoms with van der Waals surface area (Å²) < 4.78 is 4.58. The zero-order chi connectivity index (χ0) is 18.8. The molecule has 0 aliphatic heterocycles. The monoisotopic (exact) mass is 373 g/mol. The van der Waals surface area contributed by atoms with Crippen molar-refractivity contribution in [2.24, 2.45) is 4.99 Å². The van der Waals surface area contributed by atoms with Gasteiger partial charge in [0, 0.05) is 17.9 Å².